The third-order valence-corrected chi connectivity index (χ3v) is 5.77. The van der Waals surface area contributed by atoms with Gasteiger partial charge >= 0.3 is 0 Å². The molecule has 6 nitrogen and oxygen atoms in total. The third-order valence-electron chi connectivity index (χ3n) is 5.57. The lowest BCUT2D eigenvalue weighted by Crippen LogP contribution is -2.38. The summed E-state index contributed by atoms with van der Waals surface area (Å²) < 4.78 is 2.05. The highest BCUT2D eigenvalue weighted by atomic mass is 35.5. The Hall–Kier alpha value is -2.02. The van der Waals surface area contributed by atoms with Crippen LogP contribution >= 0.6 is 11.6 Å². The van der Waals surface area contributed by atoms with Crippen LogP contribution in [-0.4, -0.2) is 58.2 Å². The second-order valence-corrected chi connectivity index (χ2v) is 8.55. The van der Waals surface area contributed by atoms with Crippen molar-refractivity contribution in [3.05, 3.63) is 58.4 Å². The lowest BCUT2D eigenvalue weighted by Gasteiger charge is -2.29. The van der Waals surface area contributed by atoms with Gasteiger partial charge in [-0.3, -0.25) is 4.90 Å². The molecule has 164 valence electrons. The Morgan fingerprint density at radius 2 is 1.90 bits per heavy atom. The van der Waals surface area contributed by atoms with E-state index in [9.17, 15) is 5.11 Å². The number of halogens is 1. The number of benzene rings is 1. The lowest BCUT2D eigenvalue weighted by atomic mass is 10.1. The van der Waals surface area contributed by atoms with Crippen molar-refractivity contribution in [2.24, 2.45) is 12.0 Å². The molecule has 3 rings (SSSR count). The summed E-state index contributed by atoms with van der Waals surface area (Å²) in [5.74, 6) is 0.880. The van der Waals surface area contributed by atoms with E-state index in [1.54, 1.807) is 0 Å². The van der Waals surface area contributed by atoms with Crippen molar-refractivity contribution in [3.63, 3.8) is 0 Å². The normalized spacial score (nSPS) is 16.1. The minimum absolute atomic E-state index is 0.121. The van der Waals surface area contributed by atoms with Gasteiger partial charge in [0.15, 0.2) is 5.96 Å². The molecule has 30 heavy (non-hydrogen) atoms. The van der Waals surface area contributed by atoms with Crippen LogP contribution in [-0.2, 0) is 26.7 Å². The van der Waals surface area contributed by atoms with Crippen molar-refractivity contribution in [2.45, 2.75) is 45.5 Å². The van der Waals surface area contributed by atoms with Crippen LogP contribution in [0.4, 0.5) is 0 Å². The van der Waals surface area contributed by atoms with E-state index in [4.69, 9.17) is 16.6 Å². The molecule has 0 atom stereocenters. The van der Waals surface area contributed by atoms with Crippen molar-refractivity contribution >= 4 is 17.6 Å². The standard InChI is InChI=1S/C23H34ClN5O/c1-4-25-23(28(3)17-21-13-20(24)16-27(21)2)26-14-18-5-7-19(8-6-18)15-29-11-9-22(30)10-12-29/h5-8,13,16,22,30H,4,9-12,14-15,17H2,1-3H3,(H,25,26). The molecule has 1 aromatic carbocycles. The monoisotopic (exact) mass is 431 g/mol. The summed E-state index contributed by atoms with van der Waals surface area (Å²) in [5, 5.41) is 13.8. The maximum absolute atomic E-state index is 9.65. The first kappa shape index (κ1) is 22.7. The number of aryl methyl sites for hydroxylation is 1. The number of rotatable bonds is 7. The third kappa shape index (κ3) is 6.49. The summed E-state index contributed by atoms with van der Waals surface area (Å²) in [6, 6.07) is 10.7. The van der Waals surface area contributed by atoms with Crippen LogP contribution in [0.15, 0.2) is 41.5 Å². The first-order chi connectivity index (χ1) is 14.4. The van der Waals surface area contributed by atoms with Crippen LogP contribution in [0.2, 0.25) is 5.02 Å². The van der Waals surface area contributed by atoms with Gasteiger partial charge in [-0.2, -0.15) is 0 Å². The van der Waals surface area contributed by atoms with E-state index < -0.39 is 0 Å². The highest BCUT2D eigenvalue weighted by Gasteiger charge is 2.16. The molecule has 0 bridgehead atoms. The number of nitrogens with one attached hydrogen (secondary N) is 1. The molecule has 0 radical (unpaired) electrons. The Labute approximate surface area is 185 Å². The van der Waals surface area contributed by atoms with E-state index in [0.717, 1.165) is 62.2 Å². The van der Waals surface area contributed by atoms with E-state index in [1.165, 1.54) is 11.1 Å². The molecule has 0 saturated carbocycles. The fourth-order valence-electron chi connectivity index (χ4n) is 3.76. The van der Waals surface area contributed by atoms with E-state index >= 15 is 0 Å². The molecule has 1 aliphatic rings. The second kappa shape index (κ2) is 10.8. The smallest absolute Gasteiger partial charge is 0.194 e. The van der Waals surface area contributed by atoms with E-state index in [0.29, 0.717) is 6.54 Å². The van der Waals surface area contributed by atoms with Crippen LogP contribution in [0, 0.1) is 0 Å². The van der Waals surface area contributed by atoms with E-state index in [1.807, 2.05) is 30.9 Å². The van der Waals surface area contributed by atoms with Crippen molar-refractivity contribution in [1.29, 1.82) is 0 Å². The zero-order valence-corrected chi connectivity index (χ0v) is 19.1. The molecule has 7 heteroatoms. The summed E-state index contributed by atoms with van der Waals surface area (Å²) in [6.45, 7) is 7.16. The Kier molecular flexibility index (Phi) is 8.19. The summed E-state index contributed by atoms with van der Waals surface area (Å²) in [5.41, 5.74) is 3.64. The molecule has 1 aromatic heterocycles. The molecule has 2 heterocycles. The van der Waals surface area contributed by atoms with Crippen LogP contribution in [0.5, 0.6) is 0 Å². The molecule has 2 aromatic rings. The number of likely N-dealkylation sites (tertiary alicyclic amines) is 1. The zero-order valence-electron chi connectivity index (χ0n) is 18.3. The Bertz CT molecular complexity index is 825. The van der Waals surface area contributed by atoms with Gasteiger partial charge in [0.25, 0.3) is 0 Å². The van der Waals surface area contributed by atoms with Gasteiger partial charge in [-0.25, -0.2) is 4.99 Å². The van der Waals surface area contributed by atoms with Crippen molar-refractivity contribution in [1.82, 2.24) is 19.7 Å². The first-order valence-corrected chi connectivity index (χ1v) is 11.1. The maximum atomic E-state index is 9.65. The summed E-state index contributed by atoms with van der Waals surface area (Å²) in [4.78, 5) is 9.35. The number of hydrogen-bond donors (Lipinski definition) is 2. The van der Waals surface area contributed by atoms with Crippen LogP contribution < -0.4 is 5.32 Å². The number of aliphatic hydroxyl groups is 1. The molecular weight excluding hydrogens is 398 g/mol. The van der Waals surface area contributed by atoms with Gasteiger partial charge in [0, 0.05) is 52.2 Å². The number of nitrogens with zero attached hydrogens (tertiary/aromatic N) is 4. The van der Waals surface area contributed by atoms with Gasteiger partial charge in [-0.15, -0.1) is 0 Å². The molecule has 2 N–H and O–H groups in total. The predicted octanol–water partition coefficient (Wildman–Crippen LogP) is 3.23. The molecule has 1 aliphatic heterocycles. The largest absolute Gasteiger partial charge is 0.393 e. The number of aliphatic imine (C=N–C) groups is 1. The van der Waals surface area contributed by atoms with Gasteiger partial charge in [-0.1, -0.05) is 35.9 Å². The fourth-order valence-corrected chi connectivity index (χ4v) is 4.04. The molecule has 1 fully saturated rings. The minimum Gasteiger partial charge on any atom is -0.393 e. The maximum Gasteiger partial charge on any atom is 0.194 e. The van der Waals surface area contributed by atoms with Gasteiger partial charge in [0.05, 0.1) is 24.2 Å². The Balaban J connectivity index is 1.57. The topological polar surface area (TPSA) is 56.0 Å². The van der Waals surface area contributed by atoms with Crippen LogP contribution in [0.25, 0.3) is 0 Å². The van der Waals surface area contributed by atoms with Crippen molar-refractivity contribution in [2.75, 3.05) is 26.7 Å². The quantitative estimate of drug-likeness (QED) is 0.522. The highest BCUT2D eigenvalue weighted by molar-refractivity contribution is 6.30. The number of hydrogen-bond acceptors (Lipinski definition) is 3. The number of piperidine rings is 1. The average Bonchev–Trinajstić information content (AvgIpc) is 3.04. The summed E-state index contributed by atoms with van der Waals surface area (Å²) in [7, 11) is 4.05. The van der Waals surface area contributed by atoms with E-state index in [2.05, 4.69) is 46.3 Å². The highest BCUT2D eigenvalue weighted by Crippen LogP contribution is 2.16. The Morgan fingerprint density at radius 3 is 2.50 bits per heavy atom. The molecule has 0 amide bonds. The molecule has 0 aliphatic carbocycles. The predicted molar refractivity (Wildman–Crippen MR) is 124 cm³/mol. The van der Waals surface area contributed by atoms with Gasteiger partial charge in [-0.05, 0) is 37.0 Å². The molecule has 1 saturated heterocycles. The summed E-state index contributed by atoms with van der Waals surface area (Å²) >= 11 is 6.11. The first-order valence-electron chi connectivity index (χ1n) is 10.7. The van der Waals surface area contributed by atoms with Crippen LogP contribution in [0.3, 0.4) is 0 Å². The van der Waals surface area contributed by atoms with Crippen molar-refractivity contribution < 1.29 is 5.11 Å². The van der Waals surface area contributed by atoms with E-state index in [-0.39, 0.29) is 6.10 Å². The lowest BCUT2D eigenvalue weighted by molar-refractivity contribution is 0.0792. The minimum atomic E-state index is -0.121. The molecule has 0 spiro atoms. The van der Waals surface area contributed by atoms with Crippen LogP contribution in [0.1, 0.15) is 36.6 Å². The number of aliphatic hydroxyl groups excluding tert-OH is 1. The Morgan fingerprint density at radius 1 is 1.23 bits per heavy atom. The number of guanidine groups is 1. The van der Waals surface area contributed by atoms with Gasteiger partial charge in [0.1, 0.15) is 0 Å². The second-order valence-electron chi connectivity index (χ2n) is 8.11. The SMILES string of the molecule is CCNC(=NCc1ccc(CN2CCC(O)CC2)cc1)N(C)Cc1cc(Cl)cn1C. The summed E-state index contributed by atoms with van der Waals surface area (Å²) in [6.07, 6.45) is 3.55. The van der Waals surface area contributed by atoms with Crippen molar-refractivity contribution in [3.8, 4) is 0 Å². The molecule has 0 unspecified atom stereocenters. The number of aromatic nitrogens is 1. The average molecular weight is 432 g/mol. The van der Waals surface area contributed by atoms with Gasteiger partial charge in [0.2, 0.25) is 0 Å². The van der Waals surface area contributed by atoms with Gasteiger partial charge < -0.3 is 19.9 Å². The zero-order chi connectivity index (χ0) is 21.5. The molecular formula is C23H34ClN5O. The fraction of sp³-hybridized carbons (Fsp3) is 0.522.